The fourth-order valence-corrected chi connectivity index (χ4v) is 3.08. The molecular formula is C23H17ClN2O3. The smallest absolute Gasteiger partial charge is 0.255 e. The lowest BCUT2D eigenvalue weighted by molar-refractivity contribution is 0.102. The highest BCUT2D eigenvalue weighted by molar-refractivity contribution is 6.32. The number of anilines is 1. The fourth-order valence-electron chi connectivity index (χ4n) is 2.81. The van der Waals surface area contributed by atoms with Crippen LogP contribution >= 0.6 is 11.6 Å². The number of nitrogens with one attached hydrogen (secondary N) is 1. The van der Waals surface area contributed by atoms with Crippen LogP contribution in [0.4, 0.5) is 5.69 Å². The molecule has 1 N–H and O–H groups in total. The predicted octanol–water partition coefficient (Wildman–Crippen LogP) is 4.55. The number of nitrogens with zero attached hydrogens (tertiary/aromatic N) is 1. The average Bonchev–Trinajstić information content (AvgIpc) is 2.99. The number of halogens is 1. The van der Waals surface area contributed by atoms with Gasteiger partial charge in [0.1, 0.15) is 5.69 Å². The Kier molecular flexibility index (Phi) is 5.64. The summed E-state index contributed by atoms with van der Waals surface area (Å²) >= 11 is 6.28. The van der Waals surface area contributed by atoms with E-state index in [1.54, 1.807) is 30.5 Å². The lowest BCUT2D eigenvalue weighted by atomic mass is 10.1. The molecule has 6 heteroatoms. The topological polar surface area (TPSA) is 60.5 Å². The summed E-state index contributed by atoms with van der Waals surface area (Å²) in [5, 5.41) is 3.22. The minimum absolute atomic E-state index is 0.294. The molecule has 3 aromatic rings. The highest BCUT2D eigenvalue weighted by Crippen LogP contribution is 2.38. The van der Waals surface area contributed by atoms with Crippen LogP contribution in [0.1, 0.15) is 28.0 Å². The average molecular weight is 405 g/mol. The highest BCUT2D eigenvalue weighted by Gasteiger charge is 2.18. The Balaban J connectivity index is 1.53. The van der Waals surface area contributed by atoms with Crippen LogP contribution in [0.3, 0.4) is 0 Å². The van der Waals surface area contributed by atoms with Gasteiger partial charge in [-0.2, -0.15) is 0 Å². The van der Waals surface area contributed by atoms with Gasteiger partial charge in [0.2, 0.25) is 0 Å². The zero-order valence-electron chi connectivity index (χ0n) is 15.4. The van der Waals surface area contributed by atoms with E-state index in [-0.39, 0.29) is 5.91 Å². The van der Waals surface area contributed by atoms with Gasteiger partial charge in [0, 0.05) is 29.4 Å². The minimum Gasteiger partial charge on any atom is -0.489 e. The minimum atomic E-state index is -0.294. The lowest BCUT2D eigenvalue weighted by Crippen LogP contribution is -2.12. The van der Waals surface area contributed by atoms with E-state index in [2.05, 4.69) is 22.1 Å². The monoisotopic (exact) mass is 404 g/mol. The Morgan fingerprint density at radius 1 is 1.03 bits per heavy atom. The van der Waals surface area contributed by atoms with Gasteiger partial charge in [-0.15, -0.1) is 0 Å². The number of carbonyl (C=O) groups is 1. The molecule has 0 saturated heterocycles. The summed E-state index contributed by atoms with van der Waals surface area (Å²) in [6.07, 6.45) is 2.46. The number of pyridine rings is 1. The molecule has 1 aliphatic rings. The SMILES string of the molecule is O=C(Nc1cccc(C#Cc2ccccn2)c1)c1cc(Cl)c2c(c1)OCCCO2. The van der Waals surface area contributed by atoms with Crippen LogP contribution in [0.5, 0.6) is 11.5 Å². The number of hydrogen-bond acceptors (Lipinski definition) is 4. The molecule has 4 rings (SSSR count). The molecular weight excluding hydrogens is 388 g/mol. The maximum atomic E-state index is 12.7. The van der Waals surface area contributed by atoms with Crippen LogP contribution in [0, 0.1) is 11.8 Å². The maximum absolute atomic E-state index is 12.7. The Hall–Kier alpha value is -3.49. The van der Waals surface area contributed by atoms with Crippen molar-refractivity contribution >= 4 is 23.2 Å². The summed E-state index contributed by atoms with van der Waals surface area (Å²) in [4.78, 5) is 16.9. The molecule has 0 bridgehead atoms. The van der Waals surface area contributed by atoms with Crippen LogP contribution in [0.25, 0.3) is 0 Å². The Morgan fingerprint density at radius 3 is 2.79 bits per heavy atom. The molecule has 2 heterocycles. The third kappa shape index (κ3) is 4.68. The van der Waals surface area contributed by atoms with E-state index in [0.29, 0.717) is 46.7 Å². The largest absolute Gasteiger partial charge is 0.489 e. The van der Waals surface area contributed by atoms with Crippen molar-refractivity contribution < 1.29 is 14.3 Å². The van der Waals surface area contributed by atoms with E-state index < -0.39 is 0 Å². The molecule has 1 aromatic heterocycles. The third-order valence-electron chi connectivity index (χ3n) is 4.18. The summed E-state index contributed by atoms with van der Waals surface area (Å²) in [5.41, 5.74) is 2.48. The first-order chi connectivity index (χ1) is 14.2. The molecule has 144 valence electrons. The second kappa shape index (κ2) is 8.68. The molecule has 5 nitrogen and oxygen atoms in total. The van der Waals surface area contributed by atoms with Crippen molar-refractivity contribution in [3.8, 4) is 23.3 Å². The molecule has 0 saturated carbocycles. The van der Waals surface area contributed by atoms with Gasteiger partial charge in [0.05, 0.1) is 18.2 Å². The van der Waals surface area contributed by atoms with E-state index in [0.717, 1.165) is 12.0 Å². The van der Waals surface area contributed by atoms with Crippen molar-refractivity contribution in [2.24, 2.45) is 0 Å². The van der Waals surface area contributed by atoms with Gasteiger partial charge in [0.15, 0.2) is 11.5 Å². The van der Waals surface area contributed by atoms with Gasteiger partial charge in [-0.25, -0.2) is 4.98 Å². The van der Waals surface area contributed by atoms with Gasteiger partial charge in [0.25, 0.3) is 5.91 Å². The number of aromatic nitrogens is 1. The van der Waals surface area contributed by atoms with E-state index in [9.17, 15) is 4.79 Å². The summed E-state index contributed by atoms with van der Waals surface area (Å²) in [6.45, 7) is 1.05. The van der Waals surface area contributed by atoms with E-state index in [1.807, 2.05) is 30.3 Å². The van der Waals surface area contributed by atoms with Crippen LogP contribution in [-0.4, -0.2) is 24.1 Å². The van der Waals surface area contributed by atoms with Gasteiger partial charge in [-0.1, -0.05) is 29.7 Å². The number of hydrogen-bond donors (Lipinski definition) is 1. The second-order valence-electron chi connectivity index (χ2n) is 6.34. The molecule has 29 heavy (non-hydrogen) atoms. The van der Waals surface area contributed by atoms with Crippen molar-refractivity contribution in [3.05, 3.63) is 82.6 Å². The van der Waals surface area contributed by atoms with Gasteiger partial charge >= 0.3 is 0 Å². The third-order valence-corrected chi connectivity index (χ3v) is 4.47. The highest BCUT2D eigenvalue weighted by atomic mass is 35.5. The molecule has 1 aliphatic heterocycles. The van der Waals surface area contributed by atoms with Gasteiger partial charge in [-0.3, -0.25) is 4.79 Å². The van der Waals surface area contributed by atoms with Crippen LogP contribution in [0.2, 0.25) is 5.02 Å². The van der Waals surface area contributed by atoms with Crippen molar-refractivity contribution in [1.82, 2.24) is 4.98 Å². The Labute approximate surface area is 173 Å². The predicted molar refractivity (Wildman–Crippen MR) is 112 cm³/mol. The first-order valence-electron chi connectivity index (χ1n) is 9.13. The number of fused-ring (bicyclic) bond motifs is 1. The normalized spacial score (nSPS) is 12.3. The van der Waals surface area contributed by atoms with E-state index in [4.69, 9.17) is 21.1 Å². The summed E-state index contributed by atoms with van der Waals surface area (Å²) in [5.74, 6) is 6.72. The molecule has 0 radical (unpaired) electrons. The molecule has 0 aliphatic carbocycles. The van der Waals surface area contributed by atoms with Crippen molar-refractivity contribution in [2.75, 3.05) is 18.5 Å². The van der Waals surface area contributed by atoms with Crippen LogP contribution in [0.15, 0.2) is 60.8 Å². The van der Waals surface area contributed by atoms with Crippen LogP contribution < -0.4 is 14.8 Å². The van der Waals surface area contributed by atoms with E-state index >= 15 is 0 Å². The number of ether oxygens (including phenoxy) is 2. The number of rotatable bonds is 2. The molecule has 0 fully saturated rings. The maximum Gasteiger partial charge on any atom is 0.255 e. The summed E-state index contributed by atoms with van der Waals surface area (Å²) in [7, 11) is 0. The summed E-state index contributed by atoms with van der Waals surface area (Å²) < 4.78 is 11.3. The lowest BCUT2D eigenvalue weighted by Gasteiger charge is -2.12. The molecule has 0 spiro atoms. The zero-order chi connectivity index (χ0) is 20.1. The molecule has 0 atom stereocenters. The second-order valence-corrected chi connectivity index (χ2v) is 6.74. The standard InChI is InChI=1S/C23H17ClN2O3/c24-20-14-17(15-21-22(20)29-12-4-11-28-21)23(27)26-19-7-3-5-16(13-19)8-9-18-6-1-2-10-25-18/h1-3,5-7,10,13-15H,4,11-12H2,(H,26,27). The van der Waals surface area contributed by atoms with Gasteiger partial charge in [-0.05, 0) is 48.4 Å². The number of amides is 1. The number of benzene rings is 2. The first-order valence-corrected chi connectivity index (χ1v) is 9.50. The van der Waals surface area contributed by atoms with Crippen molar-refractivity contribution in [2.45, 2.75) is 6.42 Å². The van der Waals surface area contributed by atoms with Gasteiger partial charge < -0.3 is 14.8 Å². The van der Waals surface area contributed by atoms with Crippen LogP contribution in [-0.2, 0) is 0 Å². The summed E-state index contributed by atoms with van der Waals surface area (Å²) in [6, 6.07) is 16.1. The van der Waals surface area contributed by atoms with Crippen molar-refractivity contribution in [3.63, 3.8) is 0 Å². The quantitative estimate of drug-likeness (QED) is 0.636. The van der Waals surface area contributed by atoms with E-state index in [1.165, 1.54) is 0 Å². The number of carbonyl (C=O) groups excluding carboxylic acids is 1. The first kappa shape index (κ1) is 18.9. The Morgan fingerprint density at radius 2 is 1.93 bits per heavy atom. The Bertz CT molecular complexity index is 1100. The van der Waals surface area contributed by atoms with Crippen molar-refractivity contribution in [1.29, 1.82) is 0 Å². The molecule has 1 amide bonds. The molecule has 2 aromatic carbocycles. The fraction of sp³-hybridized carbons (Fsp3) is 0.130. The molecule has 0 unspecified atom stereocenters. The zero-order valence-corrected chi connectivity index (χ0v) is 16.2.